The van der Waals surface area contributed by atoms with Crippen LogP contribution in [0, 0.1) is 5.92 Å². The van der Waals surface area contributed by atoms with Crippen LogP contribution in [0.4, 0.5) is 8.78 Å². The molecule has 1 aliphatic rings. The molecule has 2 aromatic heterocycles. The summed E-state index contributed by atoms with van der Waals surface area (Å²) < 4.78 is 32.2. The van der Waals surface area contributed by atoms with Gasteiger partial charge < -0.3 is 9.32 Å². The number of carbonyl (C=O) groups excluding carboxylic acids is 1. The van der Waals surface area contributed by atoms with E-state index in [1.54, 1.807) is 17.0 Å². The minimum absolute atomic E-state index is 0.163. The van der Waals surface area contributed by atoms with E-state index in [0.29, 0.717) is 24.3 Å². The van der Waals surface area contributed by atoms with Crippen LogP contribution < -0.4 is 5.56 Å². The molecule has 134 valence electrons. The van der Waals surface area contributed by atoms with Crippen LogP contribution in [0.15, 0.2) is 38.4 Å². The molecule has 1 saturated heterocycles. The molecule has 0 aromatic carbocycles. The van der Waals surface area contributed by atoms with Crippen LogP contribution in [0.3, 0.4) is 0 Å². The van der Waals surface area contributed by atoms with Gasteiger partial charge in [-0.1, -0.05) is 0 Å². The van der Waals surface area contributed by atoms with E-state index >= 15 is 0 Å². The summed E-state index contributed by atoms with van der Waals surface area (Å²) in [6, 6.07) is 4.16. The maximum atomic E-state index is 12.5. The summed E-state index contributed by atoms with van der Waals surface area (Å²) in [6.45, 7) is 1.52. The Hall–Kier alpha value is -2.03. The lowest BCUT2D eigenvalue weighted by Gasteiger charge is -2.31. The maximum Gasteiger partial charge on any atom is 0.289 e. The number of alkyl halides is 2. The number of hydrogen-bond donors (Lipinski definition) is 0. The van der Waals surface area contributed by atoms with Crippen molar-refractivity contribution in [1.29, 1.82) is 0 Å². The van der Waals surface area contributed by atoms with Gasteiger partial charge in [0.05, 0.1) is 6.33 Å². The van der Waals surface area contributed by atoms with Gasteiger partial charge in [-0.2, -0.15) is 0 Å². The number of furan rings is 1. The summed E-state index contributed by atoms with van der Waals surface area (Å²) in [4.78, 5) is 29.5. The molecule has 0 saturated carbocycles. The number of likely N-dealkylation sites (tertiary alicyclic amines) is 1. The van der Waals surface area contributed by atoms with E-state index in [1.165, 1.54) is 10.9 Å². The smallest absolute Gasteiger partial charge is 0.289 e. The summed E-state index contributed by atoms with van der Waals surface area (Å²) in [5, 5.41) is 0. The van der Waals surface area contributed by atoms with Crippen molar-refractivity contribution in [3.63, 3.8) is 0 Å². The van der Waals surface area contributed by atoms with Gasteiger partial charge in [0.1, 0.15) is 5.69 Å². The molecule has 0 N–H and O–H groups in total. The molecule has 0 radical (unpaired) electrons. The Labute approximate surface area is 150 Å². The minimum atomic E-state index is -2.75. The number of halogens is 3. The summed E-state index contributed by atoms with van der Waals surface area (Å²) >= 11 is 3.17. The number of nitrogens with zero attached hydrogens (tertiary/aromatic N) is 3. The van der Waals surface area contributed by atoms with Crippen LogP contribution in [0.1, 0.15) is 35.5 Å². The molecule has 6 nitrogen and oxygen atoms in total. The van der Waals surface area contributed by atoms with Gasteiger partial charge in [0.25, 0.3) is 17.9 Å². The van der Waals surface area contributed by atoms with Gasteiger partial charge in [-0.05, 0) is 46.8 Å². The molecule has 25 heavy (non-hydrogen) atoms. The third-order valence-corrected chi connectivity index (χ3v) is 4.69. The van der Waals surface area contributed by atoms with Crippen molar-refractivity contribution in [2.45, 2.75) is 25.8 Å². The third-order valence-electron chi connectivity index (χ3n) is 4.26. The van der Waals surface area contributed by atoms with Crippen LogP contribution in [-0.2, 0) is 6.54 Å². The number of carbonyl (C=O) groups is 1. The molecule has 3 rings (SSSR count). The first-order chi connectivity index (χ1) is 11.9. The van der Waals surface area contributed by atoms with Crippen molar-refractivity contribution in [2.24, 2.45) is 5.92 Å². The van der Waals surface area contributed by atoms with Crippen molar-refractivity contribution >= 4 is 21.8 Å². The lowest BCUT2D eigenvalue weighted by atomic mass is 9.96. The summed E-state index contributed by atoms with van der Waals surface area (Å²) in [5.41, 5.74) is -0.990. The van der Waals surface area contributed by atoms with Crippen LogP contribution in [0.25, 0.3) is 0 Å². The third kappa shape index (κ3) is 4.15. The minimum Gasteiger partial charge on any atom is -0.444 e. The second-order valence-corrected chi connectivity index (χ2v) is 6.73. The molecule has 3 heterocycles. The number of amides is 1. The highest BCUT2D eigenvalue weighted by molar-refractivity contribution is 9.10. The van der Waals surface area contributed by atoms with Gasteiger partial charge in [-0.15, -0.1) is 0 Å². The summed E-state index contributed by atoms with van der Waals surface area (Å²) in [7, 11) is 0. The van der Waals surface area contributed by atoms with E-state index in [9.17, 15) is 18.4 Å². The quantitative estimate of drug-likeness (QED) is 0.769. The monoisotopic (exact) mass is 415 g/mol. The van der Waals surface area contributed by atoms with E-state index in [2.05, 4.69) is 20.9 Å². The Kier molecular flexibility index (Phi) is 5.31. The predicted molar refractivity (Wildman–Crippen MR) is 88.5 cm³/mol. The van der Waals surface area contributed by atoms with Gasteiger partial charge in [0.15, 0.2) is 10.4 Å². The molecule has 1 amide bonds. The van der Waals surface area contributed by atoms with E-state index < -0.39 is 17.7 Å². The average molecular weight is 416 g/mol. The van der Waals surface area contributed by atoms with Crippen molar-refractivity contribution in [3.8, 4) is 0 Å². The fourth-order valence-corrected chi connectivity index (χ4v) is 3.18. The van der Waals surface area contributed by atoms with Crippen molar-refractivity contribution in [1.82, 2.24) is 14.5 Å². The van der Waals surface area contributed by atoms with E-state index in [0.717, 1.165) is 18.9 Å². The molecule has 0 aliphatic carbocycles. The fourth-order valence-electron chi connectivity index (χ4n) is 2.88. The molecule has 9 heteroatoms. The van der Waals surface area contributed by atoms with Gasteiger partial charge in [0.2, 0.25) is 0 Å². The molecule has 1 aliphatic heterocycles. The SMILES string of the molecule is O=C(c1ccc(Br)o1)N1CCC(Cn2cnc(C(F)F)cc2=O)CC1. The molecular formula is C16H16BrF2N3O3. The Morgan fingerprint density at radius 2 is 2.08 bits per heavy atom. The van der Waals surface area contributed by atoms with Crippen LogP contribution >= 0.6 is 15.9 Å². The molecular weight excluding hydrogens is 400 g/mol. The maximum absolute atomic E-state index is 12.5. The first kappa shape index (κ1) is 17.8. The van der Waals surface area contributed by atoms with Crippen molar-refractivity contribution in [3.05, 3.63) is 51.0 Å². The number of rotatable bonds is 4. The Morgan fingerprint density at radius 1 is 1.36 bits per heavy atom. The van der Waals surface area contributed by atoms with Gasteiger partial charge >= 0.3 is 0 Å². The van der Waals surface area contributed by atoms with Gasteiger partial charge in [-0.3, -0.25) is 14.2 Å². The zero-order chi connectivity index (χ0) is 18.0. The zero-order valence-electron chi connectivity index (χ0n) is 13.2. The zero-order valence-corrected chi connectivity index (χ0v) is 14.8. The van der Waals surface area contributed by atoms with E-state index in [1.807, 2.05) is 0 Å². The molecule has 0 bridgehead atoms. The standard InChI is InChI=1S/C16H16BrF2N3O3/c17-13-2-1-12(25-13)16(24)21-5-3-10(4-6-21)8-22-9-20-11(15(18)19)7-14(22)23/h1-2,7,9-10,15H,3-6,8H2. The van der Waals surface area contributed by atoms with Crippen molar-refractivity contribution < 1.29 is 18.0 Å². The topological polar surface area (TPSA) is 68.3 Å². The lowest BCUT2D eigenvalue weighted by Crippen LogP contribution is -2.40. The van der Waals surface area contributed by atoms with E-state index in [4.69, 9.17) is 4.42 Å². The van der Waals surface area contributed by atoms with Crippen LogP contribution in [0.2, 0.25) is 0 Å². The van der Waals surface area contributed by atoms with Crippen LogP contribution in [-0.4, -0.2) is 33.4 Å². The molecule has 0 unspecified atom stereocenters. The Bertz CT molecular complexity index is 813. The highest BCUT2D eigenvalue weighted by Gasteiger charge is 2.26. The first-order valence-corrected chi connectivity index (χ1v) is 8.62. The largest absolute Gasteiger partial charge is 0.444 e. The highest BCUT2D eigenvalue weighted by Crippen LogP contribution is 2.22. The first-order valence-electron chi connectivity index (χ1n) is 7.83. The fraction of sp³-hybridized carbons (Fsp3) is 0.438. The lowest BCUT2D eigenvalue weighted by molar-refractivity contribution is 0.0649. The number of hydrogen-bond acceptors (Lipinski definition) is 4. The van der Waals surface area contributed by atoms with Crippen LogP contribution in [0.5, 0.6) is 0 Å². The molecule has 0 atom stereocenters. The predicted octanol–water partition coefficient (Wildman–Crippen LogP) is 3.09. The number of piperidine rings is 1. The van der Waals surface area contributed by atoms with Crippen molar-refractivity contribution in [2.75, 3.05) is 13.1 Å². The molecule has 1 fully saturated rings. The highest BCUT2D eigenvalue weighted by atomic mass is 79.9. The second-order valence-electron chi connectivity index (χ2n) is 5.94. The second kappa shape index (κ2) is 7.47. The van der Waals surface area contributed by atoms with Gasteiger partial charge in [0, 0.05) is 25.7 Å². The normalized spacial score (nSPS) is 15.8. The van der Waals surface area contributed by atoms with E-state index in [-0.39, 0.29) is 17.6 Å². The Morgan fingerprint density at radius 3 is 2.64 bits per heavy atom. The van der Waals surface area contributed by atoms with Gasteiger partial charge in [-0.25, -0.2) is 13.8 Å². The summed E-state index contributed by atoms with van der Waals surface area (Å²) in [6.07, 6.45) is -0.145. The number of aromatic nitrogens is 2. The molecule has 0 spiro atoms. The molecule has 2 aromatic rings. The Balaban J connectivity index is 1.58. The average Bonchev–Trinajstić information content (AvgIpc) is 3.03. The summed E-state index contributed by atoms with van der Waals surface area (Å²) in [5.74, 6) is 0.307.